The lowest BCUT2D eigenvalue weighted by atomic mass is 10.2. The van der Waals surface area contributed by atoms with Gasteiger partial charge in [0.1, 0.15) is 12.6 Å². The zero-order chi connectivity index (χ0) is 12.5. The molecule has 1 aliphatic rings. The number of rotatable bonds is 2. The van der Waals surface area contributed by atoms with Gasteiger partial charge >= 0.3 is 0 Å². The maximum Gasteiger partial charge on any atom is 0.167 e. The van der Waals surface area contributed by atoms with Gasteiger partial charge in [0.25, 0.3) is 0 Å². The summed E-state index contributed by atoms with van der Waals surface area (Å²) in [7, 11) is 3.91. The molecule has 0 saturated carbocycles. The van der Waals surface area contributed by atoms with E-state index in [0.717, 1.165) is 36.4 Å². The second-order valence-corrected chi connectivity index (χ2v) is 4.74. The van der Waals surface area contributed by atoms with E-state index in [4.69, 9.17) is 4.74 Å². The van der Waals surface area contributed by atoms with Gasteiger partial charge in [-0.3, -0.25) is 4.57 Å². The largest absolute Gasteiger partial charge is 0.361 e. The third-order valence-corrected chi connectivity index (χ3v) is 3.23. The van der Waals surface area contributed by atoms with Gasteiger partial charge < -0.3 is 9.64 Å². The summed E-state index contributed by atoms with van der Waals surface area (Å²) < 4.78 is 7.80. The first-order valence-corrected chi connectivity index (χ1v) is 6.24. The van der Waals surface area contributed by atoms with Crippen molar-refractivity contribution in [1.29, 1.82) is 0 Å². The number of aromatic nitrogens is 4. The zero-order valence-corrected chi connectivity index (χ0v) is 10.7. The number of fused-ring (bicyclic) bond motifs is 1. The van der Waals surface area contributed by atoms with Crippen LogP contribution in [-0.2, 0) is 4.74 Å². The molecule has 3 rings (SSSR count). The molecule has 0 unspecified atom stereocenters. The Morgan fingerprint density at radius 1 is 1.28 bits per heavy atom. The summed E-state index contributed by atoms with van der Waals surface area (Å²) in [5, 5.41) is 0. The summed E-state index contributed by atoms with van der Waals surface area (Å²) >= 11 is 0. The Hall–Kier alpha value is -1.69. The lowest BCUT2D eigenvalue weighted by Crippen LogP contribution is -2.18. The molecule has 0 aromatic carbocycles. The van der Waals surface area contributed by atoms with Crippen LogP contribution in [0.2, 0.25) is 0 Å². The van der Waals surface area contributed by atoms with E-state index in [0.29, 0.717) is 0 Å². The van der Waals surface area contributed by atoms with Gasteiger partial charge in [0, 0.05) is 20.7 Å². The van der Waals surface area contributed by atoms with Gasteiger partial charge in [0.2, 0.25) is 0 Å². The van der Waals surface area contributed by atoms with Crippen molar-refractivity contribution >= 4 is 17.0 Å². The Kier molecular flexibility index (Phi) is 2.87. The number of nitrogens with zero attached hydrogens (tertiary/aromatic N) is 5. The van der Waals surface area contributed by atoms with Crippen LogP contribution >= 0.6 is 0 Å². The minimum absolute atomic E-state index is 0.0636. The van der Waals surface area contributed by atoms with Crippen LogP contribution < -0.4 is 4.90 Å². The maximum atomic E-state index is 5.78. The van der Waals surface area contributed by atoms with Crippen molar-refractivity contribution in [1.82, 2.24) is 19.5 Å². The summed E-state index contributed by atoms with van der Waals surface area (Å²) in [6.45, 7) is 0.815. The van der Waals surface area contributed by atoms with E-state index in [1.54, 1.807) is 6.33 Å². The molecule has 0 bridgehead atoms. The third-order valence-electron chi connectivity index (χ3n) is 3.23. The predicted molar refractivity (Wildman–Crippen MR) is 68.5 cm³/mol. The number of hydrogen-bond donors (Lipinski definition) is 0. The molecule has 18 heavy (non-hydrogen) atoms. The first-order valence-electron chi connectivity index (χ1n) is 6.24. The fraction of sp³-hybridized carbons (Fsp3) is 0.583. The normalized spacial score (nSPS) is 20.2. The van der Waals surface area contributed by atoms with Gasteiger partial charge in [-0.25, -0.2) is 15.0 Å². The highest BCUT2D eigenvalue weighted by molar-refractivity contribution is 5.83. The average molecular weight is 247 g/mol. The Balaban J connectivity index is 2.06. The van der Waals surface area contributed by atoms with Crippen molar-refractivity contribution in [2.45, 2.75) is 25.5 Å². The van der Waals surface area contributed by atoms with Crippen LogP contribution in [0.5, 0.6) is 0 Å². The van der Waals surface area contributed by atoms with E-state index in [1.807, 2.05) is 29.9 Å². The van der Waals surface area contributed by atoms with Crippen LogP contribution in [0.1, 0.15) is 25.5 Å². The van der Waals surface area contributed by atoms with Crippen molar-refractivity contribution in [3.63, 3.8) is 0 Å². The zero-order valence-electron chi connectivity index (χ0n) is 10.7. The van der Waals surface area contributed by atoms with Crippen molar-refractivity contribution < 1.29 is 4.74 Å². The number of anilines is 1. The minimum Gasteiger partial charge on any atom is -0.361 e. The highest BCUT2D eigenvalue weighted by atomic mass is 16.5. The quantitative estimate of drug-likeness (QED) is 0.806. The molecule has 96 valence electrons. The second kappa shape index (κ2) is 4.53. The van der Waals surface area contributed by atoms with E-state index >= 15 is 0 Å². The Morgan fingerprint density at radius 3 is 2.89 bits per heavy atom. The summed E-state index contributed by atoms with van der Waals surface area (Å²) in [6.07, 6.45) is 6.80. The van der Waals surface area contributed by atoms with Crippen LogP contribution in [0.4, 0.5) is 5.82 Å². The monoisotopic (exact) mass is 247 g/mol. The second-order valence-electron chi connectivity index (χ2n) is 4.74. The van der Waals surface area contributed by atoms with Gasteiger partial charge in [-0.05, 0) is 19.3 Å². The van der Waals surface area contributed by atoms with Crippen molar-refractivity contribution in [3.05, 3.63) is 12.7 Å². The molecule has 0 spiro atoms. The number of ether oxygens (including phenoxy) is 1. The van der Waals surface area contributed by atoms with E-state index in [2.05, 4.69) is 15.0 Å². The lowest BCUT2D eigenvalue weighted by Gasteiger charge is -2.23. The fourth-order valence-electron chi connectivity index (χ4n) is 2.32. The van der Waals surface area contributed by atoms with E-state index < -0.39 is 0 Å². The average Bonchev–Trinajstić information content (AvgIpc) is 2.83. The van der Waals surface area contributed by atoms with Crippen LogP contribution in [0.15, 0.2) is 12.7 Å². The molecular weight excluding hydrogens is 230 g/mol. The van der Waals surface area contributed by atoms with Crippen molar-refractivity contribution in [2.75, 3.05) is 25.6 Å². The number of hydrogen-bond acceptors (Lipinski definition) is 5. The molecule has 1 saturated heterocycles. The topological polar surface area (TPSA) is 56.1 Å². The van der Waals surface area contributed by atoms with Crippen LogP contribution in [0.3, 0.4) is 0 Å². The first kappa shape index (κ1) is 11.4. The highest BCUT2D eigenvalue weighted by Crippen LogP contribution is 2.27. The molecule has 2 aromatic rings. The maximum absolute atomic E-state index is 5.78. The summed E-state index contributed by atoms with van der Waals surface area (Å²) in [6, 6.07) is 0. The summed E-state index contributed by atoms with van der Waals surface area (Å²) in [4.78, 5) is 15.0. The summed E-state index contributed by atoms with van der Waals surface area (Å²) in [5.74, 6) is 0.842. The van der Waals surface area contributed by atoms with Crippen molar-refractivity contribution in [2.24, 2.45) is 0 Å². The SMILES string of the molecule is CN(C)c1ncnc2c1ncn2[C@@H]1CCCCO1. The van der Waals surface area contributed by atoms with Gasteiger partial charge in [-0.1, -0.05) is 0 Å². The van der Waals surface area contributed by atoms with Gasteiger partial charge in [-0.2, -0.15) is 0 Å². The molecule has 3 heterocycles. The van der Waals surface area contributed by atoms with Crippen LogP contribution in [-0.4, -0.2) is 40.2 Å². The predicted octanol–water partition coefficient (Wildman–Crippen LogP) is 1.59. The van der Waals surface area contributed by atoms with Crippen LogP contribution in [0, 0.1) is 0 Å². The molecule has 6 heteroatoms. The lowest BCUT2D eigenvalue weighted by molar-refractivity contribution is -0.0298. The molecule has 0 radical (unpaired) electrons. The van der Waals surface area contributed by atoms with Crippen LogP contribution in [0.25, 0.3) is 11.2 Å². The van der Waals surface area contributed by atoms with Gasteiger partial charge in [-0.15, -0.1) is 0 Å². The standard InChI is InChI=1S/C12H17N5O/c1-16(2)11-10-12(14-7-13-11)17(8-15-10)9-5-3-4-6-18-9/h7-9H,3-6H2,1-2H3/t9-/m0/s1. The highest BCUT2D eigenvalue weighted by Gasteiger charge is 2.20. The minimum atomic E-state index is 0.0636. The Bertz CT molecular complexity index is 544. The number of imidazole rings is 1. The molecular formula is C12H17N5O. The summed E-state index contributed by atoms with van der Waals surface area (Å²) in [5.41, 5.74) is 1.68. The van der Waals surface area contributed by atoms with E-state index in [-0.39, 0.29) is 6.23 Å². The molecule has 2 aromatic heterocycles. The third kappa shape index (κ3) is 1.82. The molecule has 0 aliphatic carbocycles. The molecule has 0 N–H and O–H groups in total. The van der Waals surface area contributed by atoms with Gasteiger partial charge in [0.05, 0.1) is 6.33 Å². The molecule has 1 aliphatic heterocycles. The van der Waals surface area contributed by atoms with Gasteiger partial charge in [0.15, 0.2) is 17.0 Å². The molecule has 1 fully saturated rings. The van der Waals surface area contributed by atoms with Crippen molar-refractivity contribution in [3.8, 4) is 0 Å². The van der Waals surface area contributed by atoms with E-state index in [1.165, 1.54) is 6.42 Å². The van der Waals surface area contributed by atoms with E-state index in [9.17, 15) is 0 Å². The Labute approximate surface area is 106 Å². The molecule has 1 atom stereocenters. The fourth-order valence-corrected chi connectivity index (χ4v) is 2.32. The Morgan fingerprint density at radius 2 is 2.17 bits per heavy atom. The smallest absolute Gasteiger partial charge is 0.167 e. The molecule has 0 amide bonds. The molecule has 6 nitrogen and oxygen atoms in total. The first-order chi connectivity index (χ1) is 8.77.